The summed E-state index contributed by atoms with van der Waals surface area (Å²) in [4.78, 5) is 35.4. The number of hydrogen-bond donors (Lipinski definition) is 1. The number of nitrogens with zero attached hydrogens (tertiary/aromatic N) is 3. The number of aromatic nitrogens is 2. The van der Waals surface area contributed by atoms with Crippen LogP contribution in [0.1, 0.15) is 0 Å². The fraction of sp³-hybridized carbons (Fsp3) is 0.176. The van der Waals surface area contributed by atoms with Gasteiger partial charge in [0.05, 0.1) is 16.1 Å². The largest absolute Gasteiger partial charge is 0.336 e. The minimum Gasteiger partial charge on any atom is -0.336 e. The van der Waals surface area contributed by atoms with Crippen LogP contribution in [0.5, 0.6) is 0 Å². The molecule has 0 atom stereocenters. The molecular weight excluding hydrogens is 356 g/mol. The van der Waals surface area contributed by atoms with Gasteiger partial charge in [-0.15, -0.1) is 11.3 Å². The van der Waals surface area contributed by atoms with Crippen LogP contribution in [0, 0.1) is 0 Å². The molecule has 1 N–H and O–H groups in total. The first kappa shape index (κ1) is 16.0. The number of thiophene rings is 1. The molecule has 1 aliphatic rings. The molecule has 3 aromatic rings. The van der Waals surface area contributed by atoms with Crippen LogP contribution in [-0.4, -0.2) is 45.6 Å². The minimum atomic E-state index is -0.322. The second-order valence-electron chi connectivity index (χ2n) is 5.41. The topological polar surface area (TPSA) is 75.2 Å². The Morgan fingerprint density at radius 2 is 2.12 bits per heavy atom. The number of benzene rings is 1. The van der Waals surface area contributed by atoms with Crippen molar-refractivity contribution >= 4 is 45.9 Å². The summed E-state index contributed by atoms with van der Waals surface area (Å²) in [6.45, 7) is 0.928. The molecule has 6 nitrogen and oxygen atoms in total. The summed E-state index contributed by atoms with van der Waals surface area (Å²) >= 11 is 2.92. The number of hydrogen-bond acceptors (Lipinski definition) is 6. The first-order chi connectivity index (χ1) is 12.2. The van der Waals surface area contributed by atoms with Crippen LogP contribution in [0.25, 0.3) is 21.6 Å². The second kappa shape index (κ2) is 6.81. The van der Waals surface area contributed by atoms with Gasteiger partial charge in [-0.25, -0.2) is 14.8 Å². The molecule has 3 heterocycles. The Labute approximate surface area is 152 Å². The molecule has 0 aliphatic carbocycles. The van der Waals surface area contributed by atoms with Gasteiger partial charge in [-0.2, -0.15) is 0 Å². The number of urea groups is 1. The molecule has 0 saturated carbocycles. The number of carbonyl (C=O) groups excluding carboxylic acids is 2. The smallest absolute Gasteiger partial charge is 0.324 e. The Bertz CT molecular complexity index is 943. The first-order valence-electron chi connectivity index (χ1n) is 7.74. The zero-order valence-corrected chi connectivity index (χ0v) is 14.8. The molecule has 2 aromatic heterocycles. The number of nitrogens with one attached hydrogen (secondary N) is 1. The van der Waals surface area contributed by atoms with Gasteiger partial charge < -0.3 is 5.32 Å². The Morgan fingerprint density at radius 3 is 2.88 bits per heavy atom. The van der Waals surface area contributed by atoms with Crippen LogP contribution in [0.15, 0.2) is 46.8 Å². The maximum atomic E-state index is 12.3. The molecule has 8 heteroatoms. The zero-order valence-electron chi connectivity index (χ0n) is 13.1. The van der Waals surface area contributed by atoms with Crippen molar-refractivity contribution < 1.29 is 9.59 Å². The lowest BCUT2D eigenvalue weighted by Gasteiger charge is -2.12. The van der Waals surface area contributed by atoms with E-state index in [2.05, 4.69) is 15.3 Å². The summed E-state index contributed by atoms with van der Waals surface area (Å²) in [7, 11) is 0. The summed E-state index contributed by atoms with van der Waals surface area (Å²) in [5, 5.41) is 6.28. The second-order valence-corrected chi connectivity index (χ2v) is 7.32. The lowest BCUT2D eigenvalue weighted by atomic mass is 10.2. The van der Waals surface area contributed by atoms with E-state index >= 15 is 0 Å². The summed E-state index contributed by atoms with van der Waals surface area (Å²) in [5.74, 6) is 0.612. The van der Waals surface area contributed by atoms with Gasteiger partial charge in [-0.1, -0.05) is 36.0 Å². The molecule has 25 heavy (non-hydrogen) atoms. The SMILES string of the molecule is O=C(CSc1nc(-c2cccs2)nc2ccccc12)N1CCNC1=O. The van der Waals surface area contributed by atoms with Crippen molar-refractivity contribution in [1.82, 2.24) is 20.2 Å². The first-order valence-corrected chi connectivity index (χ1v) is 9.60. The van der Waals surface area contributed by atoms with E-state index < -0.39 is 0 Å². The summed E-state index contributed by atoms with van der Waals surface area (Å²) in [6.07, 6.45) is 0. The predicted octanol–water partition coefficient (Wildman–Crippen LogP) is 3.00. The van der Waals surface area contributed by atoms with Crippen LogP contribution in [0.2, 0.25) is 0 Å². The van der Waals surface area contributed by atoms with Gasteiger partial charge in [-0.05, 0) is 17.5 Å². The summed E-state index contributed by atoms with van der Waals surface area (Å²) in [6, 6.07) is 11.4. The van der Waals surface area contributed by atoms with Crippen molar-refractivity contribution in [2.24, 2.45) is 0 Å². The lowest BCUT2D eigenvalue weighted by Crippen LogP contribution is -2.35. The maximum Gasteiger partial charge on any atom is 0.324 e. The third-order valence-corrected chi connectivity index (χ3v) is 5.64. The molecule has 1 aromatic carbocycles. The van der Waals surface area contributed by atoms with E-state index in [0.29, 0.717) is 18.9 Å². The predicted molar refractivity (Wildman–Crippen MR) is 98.7 cm³/mol. The van der Waals surface area contributed by atoms with Gasteiger partial charge in [0.25, 0.3) is 0 Å². The van der Waals surface area contributed by atoms with Crippen LogP contribution in [0.4, 0.5) is 4.79 Å². The van der Waals surface area contributed by atoms with Crippen LogP contribution in [-0.2, 0) is 4.79 Å². The molecule has 0 unspecified atom stereocenters. The van der Waals surface area contributed by atoms with Crippen LogP contribution < -0.4 is 5.32 Å². The van der Waals surface area contributed by atoms with E-state index in [1.54, 1.807) is 11.3 Å². The highest BCUT2D eigenvalue weighted by Crippen LogP contribution is 2.30. The van der Waals surface area contributed by atoms with E-state index in [4.69, 9.17) is 0 Å². The van der Waals surface area contributed by atoms with Crippen molar-refractivity contribution in [3.63, 3.8) is 0 Å². The standard InChI is InChI=1S/C17H14N4O2S2/c22-14(21-8-7-18-17(21)23)10-25-16-11-4-1-2-5-12(11)19-15(20-16)13-6-3-9-24-13/h1-6,9H,7-8,10H2,(H,18,23). The summed E-state index contributed by atoms with van der Waals surface area (Å²) in [5.41, 5.74) is 0.842. The molecular formula is C17H14N4O2S2. The van der Waals surface area contributed by atoms with Gasteiger partial charge in [0.1, 0.15) is 5.03 Å². The molecule has 1 saturated heterocycles. The number of carbonyl (C=O) groups is 2. The van der Waals surface area contributed by atoms with E-state index in [0.717, 1.165) is 20.8 Å². The van der Waals surface area contributed by atoms with Crippen LogP contribution >= 0.6 is 23.1 Å². The Hall–Kier alpha value is -2.45. The number of para-hydroxylation sites is 1. The average Bonchev–Trinajstić information content (AvgIpc) is 3.31. The van der Waals surface area contributed by atoms with Gasteiger partial charge in [0.2, 0.25) is 5.91 Å². The number of imide groups is 1. The van der Waals surface area contributed by atoms with E-state index in [1.165, 1.54) is 16.7 Å². The van der Waals surface area contributed by atoms with Crippen molar-refractivity contribution in [3.8, 4) is 10.7 Å². The molecule has 3 amide bonds. The van der Waals surface area contributed by atoms with Gasteiger partial charge in [0.15, 0.2) is 5.82 Å². The van der Waals surface area contributed by atoms with Crippen molar-refractivity contribution in [3.05, 3.63) is 41.8 Å². The third-order valence-electron chi connectivity index (χ3n) is 3.80. The van der Waals surface area contributed by atoms with Crippen molar-refractivity contribution in [2.75, 3.05) is 18.8 Å². The number of thioether (sulfide) groups is 1. The Kier molecular flexibility index (Phi) is 4.37. The van der Waals surface area contributed by atoms with Gasteiger partial charge in [0, 0.05) is 18.5 Å². The molecule has 0 radical (unpaired) electrons. The molecule has 0 bridgehead atoms. The molecule has 1 fully saturated rings. The number of fused-ring (bicyclic) bond motifs is 1. The van der Waals surface area contributed by atoms with Crippen molar-refractivity contribution in [1.29, 1.82) is 0 Å². The molecule has 4 rings (SSSR count). The molecule has 126 valence electrons. The average molecular weight is 370 g/mol. The van der Waals surface area contributed by atoms with Crippen LogP contribution in [0.3, 0.4) is 0 Å². The normalized spacial score (nSPS) is 14.1. The molecule has 0 spiro atoms. The van der Waals surface area contributed by atoms with Gasteiger partial charge >= 0.3 is 6.03 Å². The fourth-order valence-electron chi connectivity index (χ4n) is 2.59. The fourth-order valence-corrected chi connectivity index (χ4v) is 4.14. The lowest BCUT2D eigenvalue weighted by molar-refractivity contribution is -0.124. The molecule has 1 aliphatic heterocycles. The van der Waals surface area contributed by atoms with E-state index in [-0.39, 0.29) is 17.7 Å². The minimum absolute atomic E-state index is 0.165. The maximum absolute atomic E-state index is 12.3. The highest BCUT2D eigenvalue weighted by molar-refractivity contribution is 8.00. The van der Waals surface area contributed by atoms with E-state index in [1.807, 2.05) is 41.8 Å². The monoisotopic (exact) mass is 370 g/mol. The highest BCUT2D eigenvalue weighted by atomic mass is 32.2. The highest BCUT2D eigenvalue weighted by Gasteiger charge is 2.26. The van der Waals surface area contributed by atoms with Gasteiger partial charge in [-0.3, -0.25) is 9.69 Å². The van der Waals surface area contributed by atoms with E-state index in [9.17, 15) is 9.59 Å². The Morgan fingerprint density at radius 1 is 1.24 bits per heavy atom. The Balaban J connectivity index is 1.63. The number of amides is 3. The third kappa shape index (κ3) is 3.22. The quantitative estimate of drug-likeness (QED) is 0.564. The van der Waals surface area contributed by atoms with Crippen molar-refractivity contribution in [2.45, 2.75) is 5.03 Å². The summed E-state index contributed by atoms with van der Waals surface area (Å²) < 4.78 is 0. The number of rotatable bonds is 4. The zero-order chi connectivity index (χ0) is 17.2.